The number of piperidine rings is 1. The minimum absolute atomic E-state index is 0.231. The second kappa shape index (κ2) is 2.05. The lowest BCUT2D eigenvalue weighted by molar-refractivity contribution is -0.141. The van der Waals surface area contributed by atoms with E-state index in [2.05, 4.69) is 13.8 Å². The molecule has 0 aromatic heterocycles. The largest absolute Gasteiger partial charge is 0.480 e. The van der Waals surface area contributed by atoms with Gasteiger partial charge in [-0.1, -0.05) is 13.8 Å². The van der Waals surface area contributed by atoms with E-state index in [4.69, 9.17) is 5.11 Å². The number of rotatable bonds is 1. The number of hydrogen-bond donors (Lipinski definition) is 1. The summed E-state index contributed by atoms with van der Waals surface area (Å²) in [6.07, 6.45) is 0. The summed E-state index contributed by atoms with van der Waals surface area (Å²) in [5.41, 5.74) is 0.273. The predicted octanol–water partition coefficient (Wildman–Crippen LogP) is -0.425. The van der Waals surface area contributed by atoms with Gasteiger partial charge in [-0.15, -0.1) is 0 Å². The van der Waals surface area contributed by atoms with Crippen molar-refractivity contribution in [3.05, 3.63) is 0 Å². The van der Waals surface area contributed by atoms with Crippen molar-refractivity contribution < 1.29 is 9.90 Å². The Hall–Kier alpha value is -0.505. The summed E-state index contributed by atoms with van der Waals surface area (Å²) < 4.78 is 0. The molecule has 1 aliphatic heterocycles. The molecule has 0 bridgehead atoms. The second-order valence-electron chi connectivity index (χ2n) is 4.68. The van der Waals surface area contributed by atoms with Crippen molar-refractivity contribution >= 4 is 14.0 Å². The van der Waals surface area contributed by atoms with Gasteiger partial charge in [0.15, 0.2) is 7.98 Å². The summed E-state index contributed by atoms with van der Waals surface area (Å²) >= 11 is 0. The summed E-state index contributed by atoms with van der Waals surface area (Å²) in [5.74, 6) is 0.346. The maximum atomic E-state index is 10.9. The normalized spacial score (nSPS) is 44.0. The van der Waals surface area contributed by atoms with E-state index in [1.54, 1.807) is 0 Å². The zero-order valence-electron chi connectivity index (χ0n) is 7.74. The molecule has 3 nitrogen and oxygen atoms in total. The Labute approximate surface area is 73.2 Å². The van der Waals surface area contributed by atoms with Crippen molar-refractivity contribution in [2.75, 3.05) is 6.54 Å². The van der Waals surface area contributed by atoms with Gasteiger partial charge < -0.3 is 9.92 Å². The predicted molar refractivity (Wildman–Crippen MR) is 47.4 cm³/mol. The van der Waals surface area contributed by atoms with Crippen LogP contribution in [-0.4, -0.2) is 36.5 Å². The zero-order chi connectivity index (χ0) is 9.09. The van der Waals surface area contributed by atoms with Crippen LogP contribution in [0.1, 0.15) is 13.8 Å². The zero-order valence-corrected chi connectivity index (χ0v) is 7.74. The molecule has 4 heteroatoms. The molecule has 12 heavy (non-hydrogen) atoms. The lowest BCUT2D eigenvalue weighted by Crippen LogP contribution is -2.40. The van der Waals surface area contributed by atoms with Crippen LogP contribution in [-0.2, 0) is 4.79 Å². The van der Waals surface area contributed by atoms with E-state index in [9.17, 15) is 4.79 Å². The smallest absolute Gasteiger partial charge is 0.320 e. The average molecular weight is 167 g/mol. The highest BCUT2D eigenvalue weighted by Crippen LogP contribution is 2.64. The molecule has 1 saturated carbocycles. The molecule has 0 radical (unpaired) electrons. The topological polar surface area (TPSA) is 40.5 Å². The molecule has 2 aliphatic rings. The Morgan fingerprint density at radius 2 is 2.25 bits per heavy atom. The first kappa shape index (κ1) is 8.11. The van der Waals surface area contributed by atoms with E-state index in [0.29, 0.717) is 11.8 Å². The Morgan fingerprint density at radius 3 is 2.58 bits per heavy atom. The van der Waals surface area contributed by atoms with Crippen LogP contribution in [0.4, 0.5) is 0 Å². The van der Waals surface area contributed by atoms with Crippen LogP contribution in [0.5, 0.6) is 0 Å². The van der Waals surface area contributed by atoms with Gasteiger partial charge in [0.1, 0.15) is 6.04 Å². The number of fused-ring (bicyclic) bond motifs is 1. The van der Waals surface area contributed by atoms with Crippen LogP contribution in [0.2, 0.25) is 0 Å². The maximum Gasteiger partial charge on any atom is 0.320 e. The van der Waals surface area contributed by atoms with E-state index in [1.165, 1.54) is 0 Å². The molecule has 1 heterocycles. The lowest BCUT2D eigenvalue weighted by atomic mass is 9.99. The van der Waals surface area contributed by atoms with Crippen molar-refractivity contribution in [3.8, 4) is 0 Å². The van der Waals surface area contributed by atoms with E-state index < -0.39 is 5.97 Å². The summed E-state index contributed by atoms with van der Waals surface area (Å²) in [4.78, 5) is 12.9. The number of nitrogens with zero attached hydrogens (tertiary/aromatic N) is 1. The molecule has 2 rings (SSSR count). The van der Waals surface area contributed by atoms with Gasteiger partial charge in [0, 0.05) is 0 Å². The van der Waals surface area contributed by atoms with Crippen LogP contribution in [0, 0.1) is 17.3 Å². The summed E-state index contributed by atoms with van der Waals surface area (Å²) in [6, 6.07) is -0.231. The van der Waals surface area contributed by atoms with Crippen molar-refractivity contribution in [1.82, 2.24) is 4.81 Å². The van der Waals surface area contributed by atoms with Gasteiger partial charge in [-0.3, -0.25) is 4.79 Å². The van der Waals surface area contributed by atoms with Gasteiger partial charge in [0.25, 0.3) is 0 Å². The van der Waals surface area contributed by atoms with E-state index in [1.807, 2.05) is 12.8 Å². The third-order valence-corrected chi connectivity index (χ3v) is 3.69. The molecule has 66 valence electrons. The molecule has 0 aromatic carbocycles. The molecular formula is C8H14BNO2. The molecule has 0 aromatic rings. The highest BCUT2D eigenvalue weighted by atomic mass is 16.4. The quantitative estimate of drug-likeness (QED) is 0.539. The molecule has 0 spiro atoms. The number of carboxylic acid groups (broad SMARTS) is 1. The van der Waals surface area contributed by atoms with Crippen molar-refractivity contribution in [3.63, 3.8) is 0 Å². The minimum atomic E-state index is -0.657. The van der Waals surface area contributed by atoms with Gasteiger partial charge in [-0.2, -0.15) is 0 Å². The Morgan fingerprint density at radius 1 is 1.67 bits per heavy atom. The first-order chi connectivity index (χ1) is 5.46. The molecule has 3 atom stereocenters. The standard InChI is InChI=1S/C8H14BNO2/c1-8(2)4-3-10(9)6(5(4)8)7(11)12/h4-6H,3,9H2,1-2H3,(H,11,12). The van der Waals surface area contributed by atoms with Gasteiger partial charge in [-0.25, -0.2) is 0 Å². The summed E-state index contributed by atoms with van der Waals surface area (Å²) in [5, 5.41) is 8.97. The van der Waals surface area contributed by atoms with Crippen molar-refractivity contribution in [2.45, 2.75) is 19.9 Å². The van der Waals surface area contributed by atoms with E-state index >= 15 is 0 Å². The van der Waals surface area contributed by atoms with Crippen molar-refractivity contribution in [2.24, 2.45) is 17.3 Å². The maximum absolute atomic E-state index is 10.9. The Kier molecular flexibility index (Phi) is 1.38. The lowest BCUT2D eigenvalue weighted by Gasteiger charge is -2.23. The van der Waals surface area contributed by atoms with Crippen LogP contribution in [0.3, 0.4) is 0 Å². The highest BCUT2D eigenvalue weighted by Gasteiger charge is 2.67. The fourth-order valence-electron chi connectivity index (χ4n) is 2.80. The van der Waals surface area contributed by atoms with Crippen LogP contribution in [0.25, 0.3) is 0 Å². The number of carbonyl (C=O) groups is 1. The Balaban J connectivity index is 2.19. The molecular weight excluding hydrogens is 153 g/mol. The highest BCUT2D eigenvalue weighted by molar-refractivity contribution is 6.07. The average Bonchev–Trinajstić information content (AvgIpc) is 2.40. The molecule has 1 N–H and O–H groups in total. The molecule has 2 fully saturated rings. The second-order valence-corrected chi connectivity index (χ2v) is 4.68. The van der Waals surface area contributed by atoms with Crippen LogP contribution < -0.4 is 0 Å². The number of hydrogen-bond acceptors (Lipinski definition) is 2. The first-order valence-electron chi connectivity index (χ1n) is 4.39. The first-order valence-corrected chi connectivity index (χ1v) is 4.39. The third-order valence-electron chi connectivity index (χ3n) is 3.69. The Bertz CT molecular complexity index is 241. The number of aliphatic carboxylic acids is 1. The number of carboxylic acids is 1. The minimum Gasteiger partial charge on any atom is -0.480 e. The summed E-state index contributed by atoms with van der Waals surface area (Å²) in [7, 11) is 1.90. The fraction of sp³-hybridized carbons (Fsp3) is 0.875. The van der Waals surface area contributed by atoms with E-state index in [0.717, 1.165) is 6.54 Å². The fourth-order valence-corrected chi connectivity index (χ4v) is 2.80. The van der Waals surface area contributed by atoms with E-state index in [-0.39, 0.29) is 11.5 Å². The third kappa shape index (κ3) is 0.788. The molecule has 1 saturated heterocycles. The summed E-state index contributed by atoms with van der Waals surface area (Å²) in [6.45, 7) is 5.30. The van der Waals surface area contributed by atoms with Crippen molar-refractivity contribution in [1.29, 1.82) is 0 Å². The van der Waals surface area contributed by atoms with Crippen LogP contribution >= 0.6 is 0 Å². The van der Waals surface area contributed by atoms with Gasteiger partial charge >= 0.3 is 5.97 Å². The SMILES string of the molecule is BN1CC2C(C1C(=O)O)C2(C)C. The molecule has 1 aliphatic carbocycles. The van der Waals surface area contributed by atoms with Gasteiger partial charge in [0.2, 0.25) is 0 Å². The van der Waals surface area contributed by atoms with Crippen LogP contribution in [0.15, 0.2) is 0 Å². The molecule has 0 amide bonds. The monoisotopic (exact) mass is 167 g/mol. The van der Waals surface area contributed by atoms with Gasteiger partial charge in [0.05, 0.1) is 0 Å². The molecule has 3 unspecified atom stereocenters. The van der Waals surface area contributed by atoms with Gasteiger partial charge in [-0.05, 0) is 23.8 Å².